The lowest BCUT2D eigenvalue weighted by molar-refractivity contribution is 0.282. The molecule has 0 unspecified atom stereocenters. The second-order valence-electron chi connectivity index (χ2n) is 6.13. The van der Waals surface area contributed by atoms with Gasteiger partial charge in [0.05, 0.1) is 23.2 Å². The largest absolute Gasteiger partial charge is 0.493 e. The van der Waals surface area contributed by atoms with Crippen molar-refractivity contribution in [3.05, 3.63) is 91.3 Å². The zero-order valence-corrected chi connectivity index (χ0v) is 19.4. The Balaban J connectivity index is 1.88. The minimum Gasteiger partial charge on any atom is -0.493 e. The van der Waals surface area contributed by atoms with Gasteiger partial charge in [-0.25, -0.2) is 0 Å². The van der Waals surface area contributed by atoms with Crippen molar-refractivity contribution >= 4 is 55.1 Å². The molecule has 0 aliphatic rings. The fraction of sp³-hybridized carbons (Fsp3) is 0.0870. The Hall–Kier alpha value is -2.26. The fourth-order valence-electron chi connectivity index (χ4n) is 2.68. The lowest BCUT2D eigenvalue weighted by atomic mass is 10.0. The average Bonchev–Trinajstić information content (AvgIpc) is 2.72. The van der Waals surface area contributed by atoms with Crippen molar-refractivity contribution < 1.29 is 9.47 Å². The average molecular weight is 534 g/mol. The summed E-state index contributed by atoms with van der Waals surface area (Å²) in [7, 11) is 1.59. The molecule has 3 rings (SSSR count). The second-order valence-corrected chi connectivity index (χ2v) is 8.33. The molecular formula is C23H16Br2ClNO2. The Kier molecular flexibility index (Phi) is 7.38. The van der Waals surface area contributed by atoms with Crippen molar-refractivity contribution in [3.8, 4) is 17.6 Å². The zero-order chi connectivity index (χ0) is 20.8. The van der Waals surface area contributed by atoms with Crippen molar-refractivity contribution in [2.75, 3.05) is 7.11 Å². The summed E-state index contributed by atoms with van der Waals surface area (Å²) in [6.45, 7) is 0.379. The van der Waals surface area contributed by atoms with Crippen LogP contribution >= 0.6 is 43.5 Å². The lowest BCUT2D eigenvalue weighted by Crippen LogP contribution is -1.99. The Morgan fingerprint density at radius 1 is 1.07 bits per heavy atom. The van der Waals surface area contributed by atoms with Gasteiger partial charge in [-0.3, -0.25) is 0 Å². The molecule has 3 nitrogen and oxygen atoms in total. The highest BCUT2D eigenvalue weighted by Gasteiger charge is 2.12. The molecule has 0 spiro atoms. The van der Waals surface area contributed by atoms with Crippen LogP contribution in [-0.2, 0) is 6.61 Å². The summed E-state index contributed by atoms with van der Waals surface area (Å²) in [5, 5.41) is 10.3. The molecular weight excluding hydrogens is 518 g/mol. The van der Waals surface area contributed by atoms with Gasteiger partial charge in [-0.15, -0.1) is 0 Å². The molecule has 0 aliphatic carbocycles. The Morgan fingerprint density at radius 2 is 1.76 bits per heavy atom. The molecule has 3 aromatic carbocycles. The van der Waals surface area contributed by atoms with Gasteiger partial charge in [-0.05, 0) is 75.1 Å². The smallest absolute Gasteiger partial charge is 0.175 e. The van der Waals surface area contributed by atoms with Crippen LogP contribution in [0.1, 0.15) is 16.7 Å². The van der Waals surface area contributed by atoms with Crippen molar-refractivity contribution in [1.29, 1.82) is 5.26 Å². The molecule has 3 aromatic rings. The summed E-state index contributed by atoms with van der Waals surface area (Å²) in [5.41, 5.74) is 3.22. The van der Waals surface area contributed by atoms with E-state index in [4.69, 9.17) is 21.1 Å². The first kappa shape index (κ1) is 21.4. The highest BCUT2D eigenvalue weighted by molar-refractivity contribution is 9.10. The predicted octanol–water partition coefficient (Wildman–Crippen LogP) is 7.52. The Bertz CT molecular complexity index is 1070. The van der Waals surface area contributed by atoms with E-state index in [2.05, 4.69) is 37.9 Å². The van der Waals surface area contributed by atoms with Gasteiger partial charge in [0.2, 0.25) is 0 Å². The van der Waals surface area contributed by atoms with E-state index in [1.165, 1.54) is 0 Å². The summed E-state index contributed by atoms with van der Waals surface area (Å²) in [6, 6.07) is 21.1. The van der Waals surface area contributed by atoms with Gasteiger partial charge in [0.1, 0.15) is 6.61 Å². The van der Waals surface area contributed by atoms with Gasteiger partial charge in [0, 0.05) is 9.50 Å². The third-order valence-corrected chi connectivity index (χ3v) is 5.50. The van der Waals surface area contributed by atoms with E-state index >= 15 is 0 Å². The maximum absolute atomic E-state index is 9.58. The first-order valence-electron chi connectivity index (χ1n) is 8.62. The van der Waals surface area contributed by atoms with Gasteiger partial charge < -0.3 is 9.47 Å². The van der Waals surface area contributed by atoms with E-state index in [9.17, 15) is 5.26 Å². The van der Waals surface area contributed by atoms with E-state index in [0.29, 0.717) is 28.7 Å². The quantitative estimate of drug-likeness (QED) is 0.243. The van der Waals surface area contributed by atoms with Gasteiger partial charge in [-0.1, -0.05) is 51.8 Å². The number of hydrogen-bond acceptors (Lipinski definition) is 3. The maximum Gasteiger partial charge on any atom is 0.175 e. The van der Waals surface area contributed by atoms with E-state index in [-0.39, 0.29) is 0 Å². The van der Waals surface area contributed by atoms with Crippen LogP contribution in [0.5, 0.6) is 11.5 Å². The van der Waals surface area contributed by atoms with Gasteiger partial charge in [-0.2, -0.15) is 5.26 Å². The molecule has 0 fully saturated rings. The lowest BCUT2D eigenvalue weighted by Gasteiger charge is -2.14. The van der Waals surface area contributed by atoms with E-state index in [1.54, 1.807) is 7.11 Å². The number of halogens is 3. The topological polar surface area (TPSA) is 42.2 Å². The number of methoxy groups -OCH3 is 1. The minimum atomic E-state index is 0.379. The summed E-state index contributed by atoms with van der Waals surface area (Å²) >= 11 is 12.9. The Labute approximate surface area is 191 Å². The maximum atomic E-state index is 9.58. The highest BCUT2D eigenvalue weighted by atomic mass is 79.9. The molecule has 0 N–H and O–H groups in total. The highest BCUT2D eigenvalue weighted by Crippen LogP contribution is 2.38. The van der Waals surface area contributed by atoms with E-state index < -0.39 is 0 Å². The number of benzene rings is 3. The summed E-state index contributed by atoms with van der Waals surface area (Å²) in [5.74, 6) is 1.18. The summed E-state index contributed by atoms with van der Waals surface area (Å²) < 4.78 is 13.2. The molecule has 146 valence electrons. The fourth-order valence-corrected chi connectivity index (χ4v) is 3.64. The van der Waals surface area contributed by atoms with Crippen molar-refractivity contribution in [2.45, 2.75) is 6.61 Å². The molecule has 0 radical (unpaired) electrons. The zero-order valence-electron chi connectivity index (χ0n) is 15.5. The van der Waals surface area contributed by atoms with Crippen LogP contribution in [0.3, 0.4) is 0 Å². The number of nitrogens with zero attached hydrogens (tertiary/aromatic N) is 1. The van der Waals surface area contributed by atoms with Crippen molar-refractivity contribution in [1.82, 2.24) is 0 Å². The van der Waals surface area contributed by atoms with Crippen LogP contribution in [0.15, 0.2) is 69.6 Å². The molecule has 0 saturated heterocycles. The van der Waals surface area contributed by atoms with E-state index in [1.807, 2.05) is 66.7 Å². The van der Waals surface area contributed by atoms with Crippen molar-refractivity contribution in [3.63, 3.8) is 0 Å². The first-order chi connectivity index (χ1) is 14.0. The van der Waals surface area contributed by atoms with E-state index in [0.717, 1.165) is 25.6 Å². The number of rotatable bonds is 6. The van der Waals surface area contributed by atoms with Gasteiger partial charge >= 0.3 is 0 Å². The molecule has 0 atom stereocenters. The number of nitriles is 1. The van der Waals surface area contributed by atoms with Crippen LogP contribution in [0.25, 0.3) is 11.6 Å². The second kappa shape index (κ2) is 9.98. The molecule has 29 heavy (non-hydrogen) atoms. The molecule has 0 aliphatic heterocycles. The standard InChI is InChI=1S/C23H16Br2ClNO2/c1-28-22-12-16(10-18(13-27)17-4-6-19(24)7-5-17)11-21(25)23(22)29-14-15-2-8-20(26)9-3-15/h2-12H,14H2,1H3/b18-10-. The van der Waals surface area contributed by atoms with Gasteiger partial charge in [0.25, 0.3) is 0 Å². The normalized spacial score (nSPS) is 11.1. The SMILES string of the molecule is COc1cc(/C=C(/C#N)c2ccc(Br)cc2)cc(Br)c1OCc1ccc(Cl)cc1. The molecule has 0 amide bonds. The van der Waals surface area contributed by atoms with Crippen LogP contribution in [0.4, 0.5) is 0 Å². The summed E-state index contributed by atoms with van der Waals surface area (Å²) in [4.78, 5) is 0. The van der Waals surface area contributed by atoms with Crippen LogP contribution in [-0.4, -0.2) is 7.11 Å². The predicted molar refractivity (Wildman–Crippen MR) is 124 cm³/mol. The molecule has 0 saturated carbocycles. The van der Waals surface area contributed by atoms with Crippen molar-refractivity contribution in [2.24, 2.45) is 0 Å². The monoisotopic (exact) mass is 531 g/mol. The molecule has 0 heterocycles. The number of ether oxygens (including phenoxy) is 2. The third-order valence-electron chi connectivity index (χ3n) is 4.13. The van der Waals surface area contributed by atoms with Crippen LogP contribution < -0.4 is 9.47 Å². The number of hydrogen-bond donors (Lipinski definition) is 0. The van der Waals surface area contributed by atoms with Gasteiger partial charge in [0.15, 0.2) is 11.5 Å². The Morgan fingerprint density at radius 3 is 2.38 bits per heavy atom. The molecule has 0 aromatic heterocycles. The molecule has 6 heteroatoms. The third kappa shape index (κ3) is 5.63. The van der Waals surface area contributed by atoms with Crippen LogP contribution in [0.2, 0.25) is 5.02 Å². The molecule has 0 bridgehead atoms. The first-order valence-corrected chi connectivity index (χ1v) is 10.6. The number of allylic oxidation sites excluding steroid dienone is 1. The minimum absolute atomic E-state index is 0.379. The summed E-state index contributed by atoms with van der Waals surface area (Å²) in [6.07, 6.45) is 1.82. The van der Waals surface area contributed by atoms with Crippen LogP contribution in [0, 0.1) is 11.3 Å².